The Morgan fingerprint density at radius 2 is 1.80 bits per heavy atom. The lowest BCUT2D eigenvalue weighted by molar-refractivity contribution is -0.121. The van der Waals surface area contributed by atoms with Gasteiger partial charge in [-0.15, -0.1) is 0 Å². The minimum Gasteiger partial charge on any atom is -0.497 e. The maximum Gasteiger partial charge on any atom is 0.220 e. The predicted molar refractivity (Wildman–Crippen MR) is 99.0 cm³/mol. The van der Waals surface area contributed by atoms with Crippen molar-refractivity contribution in [1.82, 2.24) is 5.32 Å². The fourth-order valence-corrected chi connectivity index (χ4v) is 2.63. The standard InChI is InChI=1S/C21H25NO3/c1-16(17-7-4-3-5-8-17)13-14-22-21(24)12-11-20(23)18-9-6-10-19(15-18)25-2/h3-10,15-16H,11-14H2,1-2H3,(H,22,24). The van der Waals surface area contributed by atoms with Crippen molar-refractivity contribution in [2.24, 2.45) is 0 Å². The molecular formula is C21H25NO3. The highest BCUT2D eigenvalue weighted by Crippen LogP contribution is 2.17. The number of Topliss-reactive ketones (excluding diaryl/α,β-unsaturated/α-hetero) is 1. The molecule has 2 rings (SSSR count). The number of carbonyl (C=O) groups is 2. The minimum atomic E-state index is -0.0866. The van der Waals surface area contributed by atoms with Crippen molar-refractivity contribution >= 4 is 11.7 Å². The fraction of sp³-hybridized carbons (Fsp3) is 0.333. The monoisotopic (exact) mass is 339 g/mol. The van der Waals surface area contributed by atoms with E-state index in [1.165, 1.54) is 5.56 Å². The molecular weight excluding hydrogens is 314 g/mol. The highest BCUT2D eigenvalue weighted by molar-refractivity contribution is 5.98. The van der Waals surface area contributed by atoms with Crippen molar-refractivity contribution in [3.05, 3.63) is 65.7 Å². The summed E-state index contributed by atoms with van der Waals surface area (Å²) >= 11 is 0. The molecule has 1 unspecified atom stereocenters. The zero-order valence-corrected chi connectivity index (χ0v) is 14.8. The number of ether oxygens (including phenoxy) is 1. The molecule has 1 amide bonds. The van der Waals surface area contributed by atoms with Crippen LogP contribution < -0.4 is 10.1 Å². The van der Waals surface area contributed by atoms with Gasteiger partial charge in [0.2, 0.25) is 5.91 Å². The highest BCUT2D eigenvalue weighted by Gasteiger charge is 2.11. The molecule has 0 spiro atoms. The third kappa shape index (κ3) is 6.07. The van der Waals surface area contributed by atoms with E-state index in [2.05, 4.69) is 24.4 Å². The van der Waals surface area contributed by atoms with Crippen LogP contribution in [-0.2, 0) is 4.79 Å². The molecule has 0 radical (unpaired) electrons. The van der Waals surface area contributed by atoms with Crippen LogP contribution in [0.5, 0.6) is 5.75 Å². The Bertz CT molecular complexity index is 697. The largest absolute Gasteiger partial charge is 0.497 e. The van der Waals surface area contributed by atoms with Gasteiger partial charge in [0.05, 0.1) is 7.11 Å². The number of ketones is 1. The van der Waals surface area contributed by atoms with E-state index in [1.807, 2.05) is 18.2 Å². The second kappa shape index (κ2) is 9.62. The normalized spacial score (nSPS) is 11.6. The van der Waals surface area contributed by atoms with Crippen LogP contribution in [0.4, 0.5) is 0 Å². The molecule has 0 aliphatic rings. The lowest BCUT2D eigenvalue weighted by Crippen LogP contribution is -2.25. The molecule has 0 saturated heterocycles. The number of nitrogens with one attached hydrogen (secondary N) is 1. The summed E-state index contributed by atoms with van der Waals surface area (Å²) < 4.78 is 5.11. The van der Waals surface area contributed by atoms with Gasteiger partial charge in [-0.3, -0.25) is 9.59 Å². The molecule has 4 heteroatoms. The summed E-state index contributed by atoms with van der Waals surface area (Å²) in [6.45, 7) is 2.76. The quantitative estimate of drug-likeness (QED) is 0.703. The smallest absolute Gasteiger partial charge is 0.220 e. The van der Waals surface area contributed by atoms with Gasteiger partial charge in [0.25, 0.3) is 0 Å². The summed E-state index contributed by atoms with van der Waals surface area (Å²) in [5.41, 5.74) is 1.84. The topological polar surface area (TPSA) is 55.4 Å². The second-order valence-corrected chi connectivity index (χ2v) is 6.11. The molecule has 132 valence electrons. The van der Waals surface area contributed by atoms with Gasteiger partial charge in [0.15, 0.2) is 5.78 Å². The number of carbonyl (C=O) groups excluding carboxylic acids is 2. The van der Waals surface area contributed by atoms with Crippen LogP contribution in [-0.4, -0.2) is 25.3 Å². The average molecular weight is 339 g/mol. The average Bonchev–Trinajstić information content (AvgIpc) is 2.66. The van der Waals surface area contributed by atoms with E-state index in [1.54, 1.807) is 31.4 Å². The van der Waals surface area contributed by atoms with E-state index in [9.17, 15) is 9.59 Å². The van der Waals surface area contributed by atoms with E-state index in [0.717, 1.165) is 6.42 Å². The third-order valence-electron chi connectivity index (χ3n) is 4.24. The lowest BCUT2D eigenvalue weighted by Gasteiger charge is -2.12. The van der Waals surface area contributed by atoms with Gasteiger partial charge in [-0.25, -0.2) is 0 Å². The van der Waals surface area contributed by atoms with Crippen LogP contribution in [0.25, 0.3) is 0 Å². The van der Waals surface area contributed by atoms with Gasteiger partial charge in [-0.1, -0.05) is 49.4 Å². The van der Waals surface area contributed by atoms with Crippen molar-refractivity contribution in [2.75, 3.05) is 13.7 Å². The van der Waals surface area contributed by atoms with Crippen molar-refractivity contribution in [2.45, 2.75) is 32.1 Å². The molecule has 2 aromatic rings. The Balaban J connectivity index is 1.70. The summed E-state index contributed by atoms with van der Waals surface area (Å²) in [5.74, 6) is 0.897. The molecule has 1 N–H and O–H groups in total. The minimum absolute atomic E-state index is 0.0493. The number of rotatable bonds is 9. The maximum atomic E-state index is 12.1. The number of methoxy groups -OCH3 is 1. The zero-order chi connectivity index (χ0) is 18.1. The van der Waals surface area contributed by atoms with Crippen LogP contribution in [0.1, 0.15) is 48.0 Å². The van der Waals surface area contributed by atoms with Gasteiger partial charge < -0.3 is 10.1 Å². The first-order chi connectivity index (χ1) is 12.1. The van der Waals surface area contributed by atoms with Crippen molar-refractivity contribution in [3.8, 4) is 5.75 Å². The molecule has 0 aliphatic heterocycles. The van der Waals surface area contributed by atoms with Crippen molar-refractivity contribution < 1.29 is 14.3 Å². The van der Waals surface area contributed by atoms with Gasteiger partial charge in [0.1, 0.15) is 5.75 Å². The van der Waals surface area contributed by atoms with E-state index in [4.69, 9.17) is 4.74 Å². The maximum absolute atomic E-state index is 12.1. The third-order valence-corrected chi connectivity index (χ3v) is 4.24. The predicted octanol–water partition coefficient (Wildman–Crippen LogP) is 3.97. The lowest BCUT2D eigenvalue weighted by atomic mass is 9.98. The second-order valence-electron chi connectivity index (χ2n) is 6.11. The van der Waals surface area contributed by atoms with Crippen LogP contribution >= 0.6 is 0 Å². The first kappa shape index (κ1) is 18.7. The number of hydrogen-bond donors (Lipinski definition) is 1. The number of benzene rings is 2. The number of hydrogen-bond acceptors (Lipinski definition) is 3. The van der Waals surface area contributed by atoms with Gasteiger partial charge in [-0.2, -0.15) is 0 Å². The van der Waals surface area contributed by atoms with E-state index in [-0.39, 0.29) is 24.5 Å². The Morgan fingerprint density at radius 1 is 1.04 bits per heavy atom. The first-order valence-electron chi connectivity index (χ1n) is 8.59. The molecule has 0 heterocycles. The van der Waals surface area contributed by atoms with Gasteiger partial charge >= 0.3 is 0 Å². The molecule has 1 atom stereocenters. The van der Waals surface area contributed by atoms with Crippen LogP contribution in [0.3, 0.4) is 0 Å². The van der Waals surface area contributed by atoms with Crippen molar-refractivity contribution in [1.29, 1.82) is 0 Å². The molecule has 0 bridgehead atoms. The molecule has 0 aromatic heterocycles. The molecule has 0 fully saturated rings. The van der Waals surface area contributed by atoms with Gasteiger partial charge in [-0.05, 0) is 30.0 Å². The van der Waals surface area contributed by atoms with E-state index >= 15 is 0 Å². The molecule has 4 nitrogen and oxygen atoms in total. The molecule has 0 aliphatic carbocycles. The highest BCUT2D eigenvalue weighted by atomic mass is 16.5. The fourth-order valence-electron chi connectivity index (χ4n) is 2.63. The molecule has 2 aromatic carbocycles. The zero-order valence-electron chi connectivity index (χ0n) is 14.8. The Labute approximate surface area is 149 Å². The summed E-state index contributed by atoms with van der Waals surface area (Å²) in [6, 6.07) is 17.2. The summed E-state index contributed by atoms with van der Waals surface area (Å²) in [5, 5.41) is 2.90. The Morgan fingerprint density at radius 3 is 2.52 bits per heavy atom. The van der Waals surface area contributed by atoms with Gasteiger partial charge in [0, 0.05) is 24.9 Å². The Hall–Kier alpha value is -2.62. The van der Waals surface area contributed by atoms with Crippen molar-refractivity contribution in [3.63, 3.8) is 0 Å². The summed E-state index contributed by atoms with van der Waals surface area (Å²) in [4.78, 5) is 24.1. The number of amides is 1. The van der Waals surface area contributed by atoms with Crippen LogP contribution in [0.15, 0.2) is 54.6 Å². The van der Waals surface area contributed by atoms with E-state index < -0.39 is 0 Å². The summed E-state index contributed by atoms with van der Waals surface area (Å²) in [7, 11) is 1.56. The summed E-state index contributed by atoms with van der Waals surface area (Å²) in [6.07, 6.45) is 1.28. The Kier molecular flexibility index (Phi) is 7.20. The van der Waals surface area contributed by atoms with Crippen LogP contribution in [0, 0.1) is 0 Å². The van der Waals surface area contributed by atoms with Crippen LogP contribution in [0.2, 0.25) is 0 Å². The first-order valence-corrected chi connectivity index (χ1v) is 8.59. The molecule has 0 saturated carbocycles. The van der Waals surface area contributed by atoms with E-state index in [0.29, 0.717) is 23.8 Å². The SMILES string of the molecule is COc1cccc(C(=O)CCC(=O)NCCC(C)c2ccccc2)c1. The molecule has 25 heavy (non-hydrogen) atoms.